The number of nitrogens with one attached hydrogen (secondary N) is 2. The molecule has 0 atom stereocenters. The SMILES string of the molecule is CCNC(=O)NC(=O)CN1CCN(Cc2ccc(OC(F)(F)F)cc2)CC1. The zero-order chi connectivity index (χ0) is 19.9. The Morgan fingerprint density at radius 2 is 1.67 bits per heavy atom. The van der Waals surface area contributed by atoms with Gasteiger partial charge in [0.05, 0.1) is 6.54 Å². The number of amides is 3. The molecule has 0 unspecified atom stereocenters. The Hall–Kier alpha value is -2.33. The first kappa shape index (κ1) is 21.0. The molecule has 0 spiro atoms. The van der Waals surface area contributed by atoms with E-state index in [0.29, 0.717) is 26.2 Å². The maximum Gasteiger partial charge on any atom is 0.573 e. The summed E-state index contributed by atoms with van der Waals surface area (Å²) in [5, 5.41) is 4.76. The van der Waals surface area contributed by atoms with Crippen LogP contribution in [0.4, 0.5) is 18.0 Å². The number of piperazine rings is 1. The first-order valence-electron chi connectivity index (χ1n) is 8.62. The Morgan fingerprint density at radius 1 is 1.07 bits per heavy atom. The second-order valence-electron chi connectivity index (χ2n) is 6.15. The number of alkyl halides is 3. The molecule has 27 heavy (non-hydrogen) atoms. The van der Waals surface area contributed by atoms with Crippen molar-refractivity contribution in [3.8, 4) is 5.75 Å². The molecule has 1 heterocycles. The number of hydrogen-bond donors (Lipinski definition) is 2. The molecule has 2 rings (SSSR count). The molecule has 1 fully saturated rings. The predicted octanol–water partition coefficient (Wildman–Crippen LogP) is 1.55. The summed E-state index contributed by atoms with van der Waals surface area (Å²) in [6.07, 6.45) is -4.69. The van der Waals surface area contributed by atoms with Gasteiger partial charge in [-0.3, -0.25) is 19.9 Å². The van der Waals surface area contributed by atoms with E-state index in [4.69, 9.17) is 0 Å². The van der Waals surface area contributed by atoms with Gasteiger partial charge in [0, 0.05) is 39.3 Å². The lowest BCUT2D eigenvalue weighted by atomic mass is 10.2. The highest BCUT2D eigenvalue weighted by Gasteiger charge is 2.31. The van der Waals surface area contributed by atoms with E-state index in [1.54, 1.807) is 19.1 Å². The number of nitrogens with zero attached hydrogens (tertiary/aromatic N) is 2. The van der Waals surface area contributed by atoms with Crippen molar-refractivity contribution in [3.05, 3.63) is 29.8 Å². The van der Waals surface area contributed by atoms with Crippen molar-refractivity contribution in [2.24, 2.45) is 0 Å². The standard InChI is InChI=1S/C17H23F3N4O3/c1-2-21-16(26)22-15(25)12-24-9-7-23(8-10-24)11-13-3-5-14(6-4-13)27-17(18,19)20/h3-6H,2,7-12H2,1H3,(H2,21,22,25,26). The number of hydrogen-bond acceptors (Lipinski definition) is 5. The first-order chi connectivity index (χ1) is 12.7. The zero-order valence-electron chi connectivity index (χ0n) is 15.0. The molecule has 1 aromatic carbocycles. The van der Waals surface area contributed by atoms with Crippen molar-refractivity contribution in [2.75, 3.05) is 39.3 Å². The highest BCUT2D eigenvalue weighted by Crippen LogP contribution is 2.23. The van der Waals surface area contributed by atoms with E-state index < -0.39 is 12.4 Å². The molecule has 0 saturated carbocycles. The fourth-order valence-corrected chi connectivity index (χ4v) is 2.73. The van der Waals surface area contributed by atoms with Gasteiger partial charge >= 0.3 is 12.4 Å². The molecule has 1 aliphatic heterocycles. The molecule has 0 bridgehead atoms. The normalized spacial score (nSPS) is 16.0. The summed E-state index contributed by atoms with van der Waals surface area (Å²) in [5.41, 5.74) is 0.881. The van der Waals surface area contributed by atoms with E-state index in [1.807, 2.05) is 4.90 Å². The molecule has 1 aromatic rings. The molecular formula is C17H23F3N4O3. The molecule has 2 N–H and O–H groups in total. The minimum absolute atomic E-state index is 0.147. The van der Waals surface area contributed by atoms with Crippen LogP contribution in [0.2, 0.25) is 0 Å². The number of imide groups is 1. The van der Waals surface area contributed by atoms with Gasteiger partial charge in [0.2, 0.25) is 5.91 Å². The van der Waals surface area contributed by atoms with E-state index in [1.165, 1.54) is 12.1 Å². The van der Waals surface area contributed by atoms with Crippen molar-refractivity contribution in [1.29, 1.82) is 0 Å². The largest absolute Gasteiger partial charge is 0.573 e. The van der Waals surface area contributed by atoms with Crippen LogP contribution in [0.1, 0.15) is 12.5 Å². The monoisotopic (exact) mass is 388 g/mol. The number of carbonyl (C=O) groups is 2. The Morgan fingerprint density at radius 3 is 2.22 bits per heavy atom. The van der Waals surface area contributed by atoms with Gasteiger partial charge in [-0.15, -0.1) is 13.2 Å². The summed E-state index contributed by atoms with van der Waals surface area (Å²) in [5.74, 6) is -0.594. The van der Waals surface area contributed by atoms with Crippen LogP contribution in [0.15, 0.2) is 24.3 Å². The van der Waals surface area contributed by atoms with Gasteiger partial charge < -0.3 is 10.1 Å². The molecule has 7 nitrogen and oxygen atoms in total. The minimum Gasteiger partial charge on any atom is -0.406 e. The lowest BCUT2D eigenvalue weighted by Gasteiger charge is -2.34. The molecule has 0 radical (unpaired) electrons. The highest BCUT2D eigenvalue weighted by atomic mass is 19.4. The third-order valence-corrected chi connectivity index (χ3v) is 3.99. The van der Waals surface area contributed by atoms with Crippen molar-refractivity contribution < 1.29 is 27.5 Å². The fourth-order valence-electron chi connectivity index (χ4n) is 2.73. The number of rotatable bonds is 6. The third kappa shape index (κ3) is 7.83. The summed E-state index contributed by atoms with van der Waals surface area (Å²) in [4.78, 5) is 27.2. The predicted molar refractivity (Wildman–Crippen MR) is 92.1 cm³/mol. The number of carbonyl (C=O) groups excluding carboxylic acids is 2. The number of ether oxygens (including phenoxy) is 1. The van der Waals surface area contributed by atoms with Crippen molar-refractivity contribution in [1.82, 2.24) is 20.4 Å². The number of urea groups is 1. The first-order valence-corrected chi connectivity index (χ1v) is 8.62. The smallest absolute Gasteiger partial charge is 0.406 e. The van der Waals surface area contributed by atoms with Crippen molar-refractivity contribution in [2.45, 2.75) is 19.8 Å². The summed E-state index contributed by atoms with van der Waals surface area (Å²) >= 11 is 0. The second-order valence-corrected chi connectivity index (χ2v) is 6.15. The van der Waals surface area contributed by atoms with Gasteiger partial charge in [-0.05, 0) is 24.6 Å². The maximum absolute atomic E-state index is 12.2. The van der Waals surface area contributed by atoms with E-state index >= 15 is 0 Å². The zero-order valence-corrected chi connectivity index (χ0v) is 15.0. The van der Waals surface area contributed by atoms with E-state index in [0.717, 1.165) is 18.7 Å². The van der Waals surface area contributed by atoms with Gasteiger partial charge in [-0.2, -0.15) is 0 Å². The van der Waals surface area contributed by atoms with Crippen molar-refractivity contribution >= 4 is 11.9 Å². The van der Waals surface area contributed by atoms with Crippen LogP contribution >= 0.6 is 0 Å². The highest BCUT2D eigenvalue weighted by molar-refractivity contribution is 5.95. The summed E-state index contributed by atoms with van der Waals surface area (Å²) in [6.45, 7) is 5.72. The molecular weight excluding hydrogens is 365 g/mol. The van der Waals surface area contributed by atoms with Crippen LogP contribution in [0.25, 0.3) is 0 Å². The van der Waals surface area contributed by atoms with Crippen molar-refractivity contribution in [3.63, 3.8) is 0 Å². The molecule has 3 amide bonds. The summed E-state index contributed by atoms with van der Waals surface area (Å²) in [7, 11) is 0. The van der Waals surface area contributed by atoms with Gasteiger partial charge in [0.1, 0.15) is 5.75 Å². The summed E-state index contributed by atoms with van der Waals surface area (Å²) in [6, 6.07) is 5.30. The fraction of sp³-hybridized carbons (Fsp3) is 0.529. The van der Waals surface area contributed by atoms with Crippen LogP contribution < -0.4 is 15.4 Å². The molecule has 0 aromatic heterocycles. The maximum atomic E-state index is 12.2. The Kier molecular flexibility index (Phi) is 7.43. The van der Waals surface area contributed by atoms with Crippen LogP contribution in [-0.4, -0.2) is 67.4 Å². The summed E-state index contributed by atoms with van der Waals surface area (Å²) < 4.78 is 40.3. The molecule has 10 heteroatoms. The quantitative estimate of drug-likeness (QED) is 0.774. The Labute approximate surface area is 155 Å². The molecule has 0 aliphatic carbocycles. The van der Waals surface area contributed by atoms with Gasteiger partial charge in [-0.1, -0.05) is 12.1 Å². The second kappa shape index (κ2) is 9.56. The third-order valence-electron chi connectivity index (χ3n) is 3.99. The van der Waals surface area contributed by atoms with Gasteiger partial charge in [0.15, 0.2) is 0 Å². The Balaban J connectivity index is 1.73. The van der Waals surface area contributed by atoms with Gasteiger partial charge in [0.25, 0.3) is 0 Å². The Bertz CT molecular complexity index is 629. The topological polar surface area (TPSA) is 73.9 Å². The van der Waals surface area contributed by atoms with Crippen LogP contribution in [0.5, 0.6) is 5.75 Å². The average Bonchev–Trinajstić information content (AvgIpc) is 2.57. The van der Waals surface area contributed by atoms with E-state index in [9.17, 15) is 22.8 Å². The average molecular weight is 388 g/mol. The lowest BCUT2D eigenvalue weighted by molar-refractivity contribution is -0.274. The minimum atomic E-state index is -4.69. The molecule has 1 aliphatic rings. The van der Waals surface area contributed by atoms with E-state index in [-0.39, 0.29) is 18.2 Å². The molecule has 1 saturated heterocycles. The number of halogens is 3. The van der Waals surface area contributed by atoms with Crippen LogP contribution in [-0.2, 0) is 11.3 Å². The molecule has 150 valence electrons. The van der Waals surface area contributed by atoms with Crippen LogP contribution in [0.3, 0.4) is 0 Å². The van der Waals surface area contributed by atoms with Gasteiger partial charge in [-0.25, -0.2) is 4.79 Å². The van der Waals surface area contributed by atoms with E-state index in [2.05, 4.69) is 20.3 Å². The number of benzene rings is 1. The lowest BCUT2D eigenvalue weighted by Crippen LogP contribution is -2.50. The van der Waals surface area contributed by atoms with Crippen LogP contribution in [0, 0.1) is 0 Å².